The number of nitrogens with zero attached hydrogens (tertiary/aromatic N) is 2. The topological polar surface area (TPSA) is 18.5 Å². The molecule has 0 radical (unpaired) electrons. The Balaban J connectivity index is 2.24. The smallest absolute Gasteiger partial charge is 0.0119 e. The van der Waals surface area contributed by atoms with Gasteiger partial charge in [0, 0.05) is 12.1 Å². The molecule has 3 heteroatoms. The van der Waals surface area contributed by atoms with E-state index < -0.39 is 0 Å². The molecule has 1 rings (SSSR count). The molecule has 1 N–H and O–H groups in total. The molecule has 1 aliphatic rings. The third-order valence-corrected chi connectivity index (χ3v) is 3.74. The number of nitrogens with one attached hydrogen (secondary N) is 1. The van der Waals surface area contributed by atoms with Crippen LogP contribution in [0.3, 0.4) is 0 Å². The molecule has 3 nitrogen and oxygen atoms in total. The van der Waals surface area contributed by atoms with Crippen LogP contribution in [0.15, 0.2) is 0 Å². The van der Waals surface area contributed by atoms with Gasteiger partial charge in [0.2, 0.25) is 0 Å². The first kappa shape index (κ1) is 12.9. The van der Waals surface area contributed by atoms with Crippen LogP contribution in [-0.4, -0.2) is 62.7 Å². The summed E-state index contributed by atoms with van der Waals surface area (Å²) in [4.78, 5) is 5.01. The average molecular weight is 213 g/mol. The maximum Gasteiger partial charge on any atom is 0.0119 e. The number of piperidine rings is 1. The second-order valence-corrected chi connectivity index (χ2v) is 4.95. The monoisotopic (exact) mass is 213 g/mol. The summed E-state index contributed by atoms with van der Waals surface area (Å²) in [6.07, 6.45) is 3.91. The van der Waals surface area contributed by atoms with Gasteiger partial charge in [0.1, 0.15) is 0 Å². The fraction of sp³-hybridized carbons (Fsp3) is 1.00. The molecule has 90 valence electrons. The molecule has 0 aromatic rings. The van der Waals surface area contributed by atoms with Crippen molar-refractivity contribution in [3.63, 3.8) is 0 Å². The molecule has 0 aromatic carbocycles. The average Bonchev–Trinajstić information content (AvgIpc) is 2.22. The van der Waals surface area contributed by atoms with Crippen molar-refractivity contribution in [2.24, 2.45) is 0 Å². The maximum absolute atomic E-state index is 3.21. The number of hydrogen-bond donors (Lipinski definition) is 1. The van der Waals surface area contributed by atoms with E-state index in [1.54, 1.807) is 0 Å². The van der Waals surface area contributed by atoms with Gasteiger partial charge in [0.15, 0.2) is 0 Å². The van der Waals surface area contributed by atoms with Crippen molar-refractivity contribution in [3.05, 3.63) is 0 Å². The summed E-state index contributed by atoms with van der Waals surface area (Å²) < 4.78 is 0. The Morgan fingerprint density at radius 1 is 1.47 bits per heavy atom. The zero-order valence-electron chi connectivity index (χ0n) is 10.8. The van der Waals surface area contributed by atoms with Gasteiger partial charge in [-0.2, -0.15) is 0 Å². The summed E-state index contributed by atoms with van der Waals surface area (Å²) in [5.41, 5.74) is 0. The highest BCUT2D eigenvalue weighted by Crippen LogP contribution is 2.19. The summed E-state index contributed by atoms with van der Waals surface area (Å²) in [5.74, 6) is 0. The van der Waals surface area contributed by atoms with Crippen LogP contribution < -0.4 is 5.32 Å². The summed E-state index contributed by atoms with van der Waals surface area (Å²) >= 11 is 0. The molecule has 1 aliphatic heterocycles. The lowest BCUT2D eigenvalue weighted by atomic mass is 9.98. The highest BCUT2D eigenvalue weighted by atomic mass is 15.2. The van der Waals surface area contributed by atoms with Gasteiger partial charge in [0.05, 0.1) is 0 Å². The molecule has 0 bridgehead atoms. The minimum absolute atomic E-state index is 0.746. The van der Waals surface area contributed by atoms with Crippen LogP contribution in [0.1, 0.15) is 26.2 Å². The van der Waals surface area contributed by atoms with Gasteiger partial charge in [-0.25, -0.2) is 0 Å². The van der Waals surface area contributed by atoms with E-state index in [0.29, 0.717) is 0 Å². The van der Waals surface area contributed by atoms with Crippen LogP contribution in [0.5, 0.6) is 0 Å². The SMILES string of the molecule is CNCCCN(C)C1CCN(C)C(C)C1. The third kappa shape index (κ3) is 4.09. The second kappa shape index (κ2) is 6.46. The van der Waals surface area contributed by atoms with Crippen LogP contribution in [0.2, 0.25) is 0 Å². The Kier molecular flexibility index (Phi) is 5.58. The molecule has 1 saturated heterocycles. The van der Waals surface area contributed by atoms with E-state index in [-0.39, 0.29) is 0 Å². The first-order valence-electron chi connectivity index (χ1n) is 6.20. The normalized spacial score (nSPS) is 28.6. The minimum Gasteiger partial charge on any atom is -0.320 e. The van der Waals surface area contributed by atoms with Crippen LogP contribution in [0.4, 0.5) is 0 Å². The molecular formula is C12H27N3. The lowest BCUT2D eigenvalue weighted by Crippen LogP contribution is -2.46. The lowest BCUT2D eigenvalue weighted by molar-refractivity contribution is 0.104. The lowest BCUT2D eigenvalue weighted by Gasteiger charge is -2.39. The largest absolute Gasteiger partial charge is 0.320 e. The van der Waals surface area contributed by atoms with Gasteiger partial charge in [-0.15, -0.1) is 0 Å². The Morgan fingerprint density at radius 3 is 2.80 bits per heavy atom. The number of likely N-dealkylation sites (tertiary alicyclic amines) is 1. The Hall–Kier alpha value is -0.120. The zero-order valence-corrected chi connectivity index (χ0v) is 10.8. The highest BCUT2D eigenvalue weighted by Gasteiger charge is 2.24. The summed E-state index contributed by atoms with van der Waals surface area (Å²) in [6.45, 7) is 5.95. The summed E-state index contributed by atoms with van der Waals surface area (Å²) in [5, 5.41) is 3.21. The van der Waals surface area contributed by atoms with Crippen LogP contribution in [0, 0.1) is 0 Å². The third-order valence-electron chi connectivity index (χ3n) is 3.74. The van der Waals surface area contributed by atoms with E-state index in [4.69, 9.17) is 0 Å². The molecule has 2 unspecified atom stereocenters. The predicted molar refractivity (Wildman–Crippen MR) is 66.3 cm³/mol. The van der Waals surface area contributed by atoms with Gasteiger partial charge in [-0.1, -0.05) is 0 Å². The first-order valence-corrected chi connectivity index (χ1v) is 6.20. The molecule has 0 saturated carbocycles. The molecule has 0 amide bonds. The van der Waals surface area contributed by atoms with Crippen molar-refractivity contribution in [1.82, 2.24) is 15.1 Å². The maximum atomic E-state index is 3.21. The first-order chi connectivity index (χ1) is 7.15. The van der Waals surface area contributed by atoms with Crippen LogP contribution in [0.25, 0.3) is 0 Å². The molecule has 0 aromatic heterocycles. The molecular weight excluding hydrogens is 186 g/mol. The van der Waals surface area contributed by atoms with Crippen LogP contribution in [-0.2, 0) is 0 Å². The Bertz CT molecular complexity index is 172. The minimum atomic E-state index is 0.746. The van der Waals surface area contributed by atoms with Crippen molar-refractivity contribution < 1.29 is 0 Å². The molecule has 0 aliphatic carbocycles. The quantitative estimate of drug-likeness (QED) is 0.688. The predicted octanol–water partition coefficient (Wildman–Crippen LogP) is 1.01. The Labute approximate surface area is 94.8 Å². The molecule has 1 heterocycles. The Morgan fingerprint density at radius 2 is 2.20 bits per heavy atom. The van der Waals surface area contributed by atoms with Gasteiger partial charge in [-0.3, -0.25) is 0 Å². The van der Waals surface area contributed by atoms with E-state index in [1.807, 2.05) is 7.05 Å². The fourth-order valence-corrected chi connectivity index (χ4v) is 2.35. The van der Waals surface area contributed by atoms with E-state index in [2.05, 4.69) is 36.1 Å². The van der Waals surface area contributed by atoms with Crippen molar-refractivity contribution >= 4 is 0 Å². The molecule has 0 spiro atoms. The van der Waals surface area contributed by atoms with Gasteiger partial charge >= 0.3 is 0 Å². The standard InChI is InChI=1S/C12H27N3/c1-11-10-12(6-9-14(11)3)15(4)8-5-7-13-2/h11-13H,5-10H2,1-4H3. The summed E-state index contributed by atoms with van der Waals surface area (Å²) in [7, 11) is 6.54. The molecule has 15 heavy (non-hydrogen) atoms. The summed E-state index contributed by atoms with van der Waals surface area (Å²) in [6, 6.07) is 1.54. The van der Waals surface area contributed by atoms with Crippen LogP contribution >= 0.6 is 0 Å². The van der Waals surface area contributed by atoms with Gasteiger partial charge in [0.25, 0.3) is 0 Å². The number of hydrogen-bond acceptors (Lipinski definition) is 3. The van der Waals surface area contributed by atoms with Gasteiger partial charge < -0.3 is 15.1 Å². The van der Waals surface area contributed by atoms with Crippen molar-refractivity contribution in [1.29, 1.82) is 0 Å². The van der Waals surface area contributed by atoms with E-state index in [1.165, 1.54) is 32.4 Å². The molecule has 1 fully saturated rings. The highest BCUT2D eigenvalue weighted by molar-refractivity contribution is 4.81. The molecule has 2 atom stereocenters. The van der Waals surface area contributed by atoms with Crippen molar-refractivity contribution in [3.8, 4) is 0 Å². The van der Waals surface area contributed by atoms with Crippen molar-refractivity contribution in [2.45, 2.75) is 38.3 Å². The van der Waals surface area contributed by atoms with E-state index >= 15 is 0 Å². The number of rotatable bonds is 5. The zero-order chi connectivity index (χ0) is 11.3. The van der Waals surface area contributed by atoms with E-state index in [0.717, 1.165) is 18.6 Å². The van der Waals surface area contributed by atoms with Crippen molar-refractivity contribution in [2.75, 3.05) is 40.8 Å². The van der Waals surface area contributed by atoms with Gasteiger partial charge in [-0.05, 0) is 67.0 Å². The fourth-order valence-electron chi connectivity index (χ4n) is 2.35. The van der Waals surface area contributed by atoms with E-state index in [9.17, 15) is 0 Å². The second-order valence-electron chi connectivity index (χ2n) is 4.95.